The van der Waals surface area contributed by atoms with Gasteiger partial charge in [0, 0.05) is 25.3 Å². The summed E-state index contributed by atoms with van der Waals surface area (Å²) >= 11 is 0. The summed E-state index contributed by atoms with van der Waals surface area (Å²) in [5.74, 6) is 0. The zero-order valence-corrected chi connectivity index (χ0v) is 9.87. The number of hydrogen-bond donors (Lipinski definition) is 0. The Kier molecular flexibility index (Phi) is 5.02. The first-order valence-corrected chi connectivity index (χ1v) is 6.05. The van der Waals surface area contributed by atoms with Gasteiger partial charge < -0.3 is 5.01 Å². The van der Waals surface area contributed by atoms with Gasteiger partial charge in [0.15, 0.2) is 0 Å². The van der Waals surface area contributed by atoms with E-state index in [4.69, 9.17) is 0 Å². The first-order valence-electron chi connectivity index (χ1n) is 6.05. The third kappa shape index (κ3) is 2.74. The summed E-state index contributed by atoms with van der Waals surface area (Å²) in [6, 6.07) is 0.659. The van der Waals surface area contributed by atoms with Crippen LogP contribution < -0.4 is 0 Å². The lowest BCUT2D eigenvalue weighted by atomic mass is 10.1. The maximum atomic E-state index is 2.52. The molecule has 0 amide bonds. The van der Waals surface area contributed by atoms with Crippen LogP contribution in [0.15, 0.2) is 12.3 Å². The van der Waals surface area contributed by atoms with Crippen LogP contribution in [0.5, 0.6) is 0 Å². The summed E-state index contributed by atoms with van der Waals surface area (Å²) in [4.78, 5) is 0. The third-order valence-electron chi connectivity index (χ3n) is 2.68. The van der Waals surface area contributed by atoms with E-state index >= 15 is 0 Å². The smallest absolute Gasteiger partial charge is 0.0490 e. The van der Waals surface area contributed by atoms with Gasteiger partial charge in [-0.15, -0.1) is 0 Å². The van der Waals surface area contributed by atoms with Gasteiger partial charge in [-0.05, 0) is 25.3 Å². The molecule has 1 heterocycles. The molecule has 14 heavy (non-hydrogen) atoms. The highest BCUT2D eigenvalue weighted by Crippen LogP contribution is 2.19. The molecule has 1 atom stereocenters. The monoisotopic (exact) mass is 196 g/mol. The van der Waals surface area contributed by atoms with Gasteiger partial charge in [-0.1, -0.05) is 27.2 Å². The lowest BCUT2D eigenvalue weighted by Crippen LogP contribution is -2.41. The van der Waals surface area contributed by atoms with E-state index in [9.17, 15) is 0 Å². The minimum atomic E-state index is 0.659. The third-order valence-corrected chi connectivity index (χ3v) is 2.68. The predicted molar refractivity (Wildman–Crippen MR) is 61.8 cm³/mol. The molecule has 1 aliphatic heterocycles. The molecule has 0 fully saturated rings. The van der Waals surface area contributed by atoms with Crippen molar-refractivity contribution in [3.8, 4) is 0 Å². The topological polar surface area (TPSA) is 6.48 Å². The summed E-state index contributed by atoms with van der Waals surface area (Å²) < 4.78 is 0. The first-order chi connectivity index (χ1) is 6.83. The Balaban J connectivity index is 2.49. The standard InChI is InChI=1S/C12H24N2/c1-4-7-12-8-11-13(9-5-2)14(12)10-6-3/h8,11-12H,4-7,9-10H2,1-3H3. The highest BCUT2D eigenvalue weighted by atomic mass is 15.6. The minimum Gasteiger partial charge on any atom is -0.313 e. The maximum Gasteiger partial charge on any atom is 0.0490 e. The van der Waals surface area contributed by atoms with E-state index in [1.165, 1.54) is 32.2 Å². The van der Waals surface area contributed by atoms with Crippen LogP contribution in [0, 0.1) is 0 Å². The number of nitrogens with zero attached hydrogens (tertiary/aromatic N) is 2. The minimum absolute atomic E-state index is 0.659. The second-order valence-corrected chi connectivity index (χ2v) is 4.02. The SMILES string of the molecule is CCCC1C=CN(CCC)N1CCC. The Morgan fingerprint density at radius 1 is 1.00 bits per heavy atom. The Morgan fingerprint density at radius 3 is 2.29 bits per heavy atom. The van der Waals surface area contributed by atoms with E-state index in [-0.39, 0.29) is 0 Å². The van der Waals surface area contributed by atoms with Crippen molar-refractivity contribution in [2.75, 3.05) is 13.1 Å². The van der Waals surface area contributed by atoms with Crippen molar-refractivity contribution in [1.29, 1.82) is 0 Å². The normalized spacial score (nSPS) is 22.2. The summed E-state index contributed by atoms with van der Waals surface area (Å²) in [6.07, 6.45) is 9.64. The van der Waals surface area contributed by atoms with Gasteiger partial charge in [-0.3, -0.25) is 0 Å². The van der Waals surface area contributed by atoms with Gasteiger partial charge in [0.2, 0.25) is 0 Å². The molecule has 0 aromatic rings. The van der Waals surface area contributed by atoms with Gasteiger partial charge in [-0.2, -0.15) is 0 Å². The average Bonchev–Trinajstić information content (AvgIpc) is 2.52. The van der Waals surface area contributed by atoms with E-state index in [1.54, 1.807) is 0 Å². The van der Waals surface area contributed by atoms with Crippen LogP contribution in [0.4, 0.5) is 0 Å². The summed E-state index contributed by atoms with van der Waals surface area (Å²) in [5, 5.41) is 4.91. The lowest BCUT2D eigenvalue weighted by Gasteiger charge is -2.33. The van der Waals surface area contributed by atoms with Crippen LogP contribution in [-0.4, -0.2) is 29.1 Å². The van der Waals surface area contributed by atoms with Crippen LogP contribution in [0.1, 0.15) is 46.5 Å². The van der Waals surface area contributed by atoms with Crippen LogP contribution in [0.25, 0.3) is 0 Å². The quantitative estimate of drug-likeness (QED) is 0.644. The Bertz CT molecular complexity index is 161. The number of hydrazine groups is 1. The molecule has 0 saturated heterocycles. The van der Waals surface area contributed by atoms with Gasteiger partial charge in [0.1, 0.15) is 0 Å². The van der Waals surface area contributed by atoms with Crippen LogP contribution >= 0.6 is 0 Å². The van der Waals surface area contributed by atoms with E-state index in [2.05, 4.69) is 43.1 Å². The Hall–Kier alpha value is -0.500. The van der Waals surface area contributed by atoms with Crippen molar-refractivity contribution in [3.05, 3.63) is 12.3 Å². The maximum absolute atomic E-state index is 2.52. The van der Waals surface area contributed by atoms with Crippen molar-refractivity contribution in [3.63, 3.8) is 0 Å². The molecule has 1 aliphatic rings. The second kappa shape index (κ2) is 6.07. The van der Waals surface area contributed by atoms with Crippen LogP contribution in [-0.2, 0) is 0 Å². The van der Waals surface area contributed by atoms with E-state index in [0.29, 0.717) is 6.04 Å². The lowest BCUT2D eigenvalue weighted by molar-refractivity contribution is 0.0134. The number of rotatable bonds is 6. The zero-order chi connectivity index (χ0) is 10.4. The highest BCUT2D eigenvalue weighted by Gasteiger charge is 2.23. The molecule has 0 aromatic heterocycles. The molecule has 0 bridgehead atoms. The molecule has 0 saturated carbocycles. The van der Waals surface area contributed by atoms with Gasteiger partial charge >= 0.3 is 0 Å². The summed E-state index contributed by atoms with van der Waals surface area (Å²) in [5.41, 5.74) is 0. The van der Waals surface area contributed by atoms with Crippen LogP contribution in [0.3, 0.4) is 0 Å². The second-order valence-electron chi connectivity index (χ2n) is 4.02. The van der Waals surface area contributed by atoms with Gasteiger partial charge in [-0.25, -0.2) is 5.01 Å². The molecule has 0 aromatic carbocycles. The van der Waals surface area contributed by atoms with Crippen molar-refractivity contribution in [2.45, 2.75) is 52.5 Å². The van der Waals surface area contributed by atoms with Crippen molar-refractivity contribution in [1.82, 2.24) is 10.0 Å². The molecular weight excluding hydrogens is 172 g/mol. The van der Waals surface area contributed by atoms with E-state index < -0.39 is 0 Å². The highest BCUT2D eigenvalue weighted by molar-refractivity contribution is 5.00. The molecule has 0 radical (unpaired) electrons. The molecular formula is C12H24N2. The van der Waals surface area contributed by atoms with Crippen molar-refractivity contribution in [2.24, 2.45) is 0 Å². The van der Waals surface area contributed by atoms with Gasteiger partial charge in [0.05, 0.1) is 0 Å². The van der Waals surface area contributed by atoms with E-state index in [1.807, 2.05) is 0 Å². The molecule has 2 nitrogen and oxygen atoms in total. The number of hydrogen-bond acceptors (Lipinski definition) is 2. The molecule has 2 heteroatoms. The average molecular weight is 196 g/mol. The first kappa shape index (κ1) is 11.6. The summed E-state index contributed by atoms with van der Waals surface area (Å²) in [6.45, 7) is 9.12. The van der Waals surface area contributed by atoms with Gasteiger partial charge in [0.25, 0.3) is 0 Å². The van der Waals surface area contributed by atoms with Crippen molar-refractivity contribution >= 4 is 0 Å². The molecule has 1 unspecified atom stereocenters. The fourth-order valence-corrected chi connectivity index (χ4v) is 2.07. The molecule has 0 spiro atoms. The van der Waals surface area contributed by atoms with Crippen molar-refractivity contribution < 1.29 is 0 Å². The van der Waals surface area contributed by atoms with Crippen LogP contribution in [0.2, 0.25) is 0 Å². The summed E-state index contributed by atoms with van der Waals surface area (Å²) in [7, 11) is 0. The van der Waals surface area contributed by atoms with E-state index in [0.717, 1.165) is 6.54 Å². The Morgan fingerprint density at radius 2 is 1.71 bits per heavy atom. The zero-order valence-electron chi connectivity index (χ0n) is 9.87. The fraction of sp³-hybridized carbons (Fsp3) is 0.833. The molecule has 1 rings (SSSR count). The fourth-order valence-electron chi connectivity index (χ4n) is 2.07. The predicted octanol–water partition coefficient (Wildman–Crippen LogP) is 3.02. The Labute approximate surface area is 88.5 Å². The molecule has 0 aliphatic carbocycles. The molecule has 82 valence electrons. The molecule has 0 N–H and O–H groups in total. The largest absolute Gasteiger partial charge is 0.313 e.